The molecule has 2 rings (SSSR count). The highest BCUT2D eigenvalue weighted by Crippen LogP contribution is 2.27. The van der Waals surface area contributed by atoms with Crippen LogP contribution in [0.1, 0.15) is 0 Å². The third-order valence-corrected chi connectivity index (χ3v) is 2.40. The van der Waals surface area contributed by atoms with Crippen LogP contribution in [0.3, 0.4) is 0 Å². The molecule has 0 saturated heterocycles. The van der Waals surface area contributed by atoms with E-state index in [4.69, 9.17) is 4.74 Å². The standard InChI is InChI=1S/C10H10N2OS/c1-13-9-5-2-4-8(10(9)14)12-7-3-6-11-12/h2-7,14H,1H3. The molecule has 4 heteroatoms. The molecule has 0 radical (unpaired) electrons. The average Bonchev–Trinajstić information content (AvgIpc) is 2.71. The van der Waals surface area contributed by atoms with Gasteiger partial charge in [0.1, 0.15) is 5.75 Å². The second-order valence-electron chi connectivity index (χ2n) is 2.78. The van der Waals surface area contributed by atoms with Gasteiger partial charge in [0.05, 0.1) is 17.7 Å². The Bertz CT molecular complexity index is 426. The number of thiol groups is 1. The van der Waals surface area contributed by atoms with Gasteiger partial charge in [-0.25, -0.2) is 4.68 Å². The van der Waals surface area contributed by atoms with Crippen molar-refractivity contribution in [2.75, 3.05) is 7.11 Å². The number of hydrogen-bond donors (Lipinski definition) is 1. The number of ether oxygens (including phenoxy) is 1. The van der Waals surface area contributed by atoms with E-state index in [0.29, 0.717) is 0 Å². The summed E-state index contributed by atoms with van der Waals surface area (Å²) in [6, 6.07) is 7.59. The van der Waals surface area contributed by atoms with Gasteiger partial charge in [-0.05, 0) is 18.2 Å². The van der Waals surface area contributed by atoms with Crippen molar-refractivity contribution in [3.05, 3.63) is 36.7 Å². The van der Waals surface area contributed by atoms with Crippen molar-refractivity contribution < 1.29 is 4.74 Å². The molecule has 0 aliphatic rings. The van der Waals surface area contributed by atoms with Gasteiger partial charge in [-0.1, -0.05) is 6.07 Å². The second kappa shape index (κ2) is 3.75. The minimum atomic E-state index is 0.751. The highest BCUT2D eigenvalue weighted by atomic mass is 32.1. The Kier molecular flexibility index (Phi) is 2.45. The monoisotopic (exact) mass is 206 g/mol. The SMILES string of the molecule is COc1cccc(-n2cccn2)c1S. The third-order valence-electron chi connectivity index (χ3n) is 1.95. The molecule has 0 bridgehead atoms. The molecule has 2 aromatic rings. The molecule has 1 aromatic carbocycles. The molecule has 1 heterocycles. The quantitative estimate of drug-likeness (QED) is 0.762. The Hall–Kier alpha value is -1.42. The van der Waals surface area contributed by atoms with Gasteiger partial charge in [0.25, 0.3) is 0 Å². The number of aromatic nitrogens is 2. The largest absolute Gasteiger partial charge is 0.496 e. The molecule has 0 unspecified atom stereocenters. The van der Waals surface area contributed by atoms with Crippen LogP contribution in [-0.2, 0) is 0 Å². The number of nitrogens with zero attached hydrogens (tertiary/aromatic N) is 2. The van der Waals surface area contributed by atoms with Crippen LogP contribution in [0.2, 0.25) is 0 Å². The third kappa shape index (κ3) is 1.48. The summed E-state index contributed by atoms with van der Waals surface area (Å²) in [5.74, 6) is 0.751. The predicted molar refractivity (Wildman–Crippen MR) is 57.4 cm³/mol. The highest BCUT2D eigenvalue weighted by Gasteiger charge is 2.06. The van der Waals surface area contributed by atoms with Crippen LogP contribution in [0.4, 0.5) is 0 Å². The van der Waals surface area contributed by atoms with E-state index in [2.05, 4.69) is 17.7 Å². The zero-order valence-corrected chi connectivity index (χ0v) is 8.61. The Balaban J connectivity index is 2.54. The molecule has 0 aliphatic carbocycles. The molecule has 0 atom stereocenters. The van der Waals surface area contributed by atoms with Gasteiger partial charge in [0.15, 0.2) is 0 Å². The fourth-order valence-electron chi connectivity index (χ4n) is 1.27. The summed E-state index contributed by atoms with van der Waals surface area (Å²) in [6.45, 7) is 0. The molecule has 0 N–H and O–H groups in total. The van der Waals surface area contributed by atoms with Crippen LogP contribution in [-0.4, -0.2) is 16.9 Å². The van der Waals surface area contributed by atoms with Gasteiger partial charge in [0, 0.05) is 12.4 Å². The van der Waals surface area contributed by atoms with Crippen molar-refractivity contribution in [3.63, 3.8) is 0 Å². The van der Waals surface area contributed by atoms with Gasteiger partial charge in [-0.3, -0.25) is 0 Å². The molecule has 72 valence electrons. The molecule has 14 heavy (non-hydrogen) atoms. The van der Waals surface area contributed by atoms with Gasteiger partial charge < -0.3 is 4.74 Å². The lowest BCUT2D eigenvalue weighted by atomic mass is 10.3. The van der Waals surface area contributed by atoms with E-state index >= 15 is 0 Å². The maximum absolute atomic E-state index is 5.17. The lowest BCUT2D eigenvalue weighted by Crippen LogP contribution is -1.97. The molecule has 0 aliphatic heterocycles. The molecular formula is C10H10N2OS. The van der Waals surface area contributed by atoms with Gasteiger partial charge in [-0.15, -0.1) is 12.6 Å². The fourth-order valence-corrected chi connectivity index (χ4v) is 1.61. The van der Waals surface area contributed by atoms with E-state index in [1.807, 2.05) is 30.5 Å². The lowest BCUT2D eigenvalue weighted by molar-refractivity contribution is 0.404. The Morgan fingerprint density at radius 2 is 2.21 bits per heavy atom. The van der Waals surface area contributed by atoms with Crippen LogP contribution in [0.25, 0.3) is 5.69 Å². The van der Waals surface area contributed by atoms with E-state index < -0.39 is 0 Å². The molecule has 0 amide bonds. The highest BCUT2D eigenvalue weighted by molar-refractivity contribution is 7.80. The molecule has 3 nitrogen and oxygen atoms in total. The summed E-state index contributed by atoms with van der Waals surface area (Å²) in [4.78, 5) is 0.790. The molecule has 0 fully saturated rings. The smallest absolute Gasteiger partial charge is 0.134 e. The van der Waals surface area contributed by atoms with E-state index in [-0.39, 0.29) is 0 Å². The minimum Gasteiger partial charge on any atom is -0.496 e. The molecule has 0 saturated carbocycles. The summed E-state index contributed by atoms with van der Waals surface area (Å²) in [5.41, 5.74) is 0.915. The van der Waals surface area contributed by atoms with E-state index in [1.165, 1.54) is 0 Å². The first kappa shape index (κ1) is 9.15. The zero-order valence-electron chi connectivity index (χ0n) is 7.71. The van der Waals surface area contributed by atoms with Crippen molar-refractivity contribution in [2.24, 2.45) is 0 Å². The Labute approximate surface area is 87.7 Å². The summed E-state index contributed by atoms with van der Waals surface area (Å²) in [6.07, 6.45) is 3.60. The van der Waals surface area contributed by atoms with Crippen molar-refractivity contribution in [2.45, 2.75) is 4.90 Å². The van der Waals surface area contributed by atoms with Gasteiger partial charge in [0.2, 0.25) is 0 Å². The Morgan fingerprint density at radius 1 is 1.36 bits per heavy atom. The summed E-state index contributed by atoms with van der Waals surface area (Å²) < 4.78 is 6.92. The van der Waals surface area contributed by atoms with E-state index in [0.717, 1.165) is 16.3 Å². The summed E-state index contributed by atoms with van der Waals surface area (Å²) in [5, 5.41) is 4.13. The van der Waals surface area contributed by atoms with Crippen molar-refractivity contribution in [3.8, 4) is 11.4 Å². The second-order valence-corrected chi connectivity index (χ2v) is 3.23. The molecule has 0 spiro atoms. The van der Waals surface area contributed by atoms with E-state index in [9.17, 15) is 0 Å². The number of hydrogen-bond acceptors (Lipinski definition) is 3. The number of methoxy groups -OCH3 is 1. The average molecular weight is 206 g/mol. The van der Waals surface area contributed by atoms with Gasteiger partial charge >= 0.3 is 0 Å². The normalized spacial score (nSPS) is 10.1. The van der Waals surface area contributed by atoms with Crippen molar-refractivity contribution >= 4 is 12.6 Å². The number of rotatable bonds is 2. The van der Waals surface area contributed by atoms with Crippen LogP contribution in [0.5, 0.6) is 5.75 Å². The van der Waals surface area contributed by atoms with Crippen LogP contribution >= 0.6 is 12.6 Å². The van der Waals surface area contributed by atoms with Crippen LogP contribution < -0.4 is 4.74 Å². The van der Waals surface area contributed by atoms with Crippen LogP contribution in [0, 0.1) is 0 Å². The first-order valence-corrected chi connectivity index (χ1v) is 4.63. The fraction of sp³-hybridized carbons (Fsp3) is 0.100. The van der Waals surface area contributed by atoms with Crippen molar-refractivity contribution in [1.29, 1.82) is 0 Å². The first-order valence-electron chi connectivity index (χ1n) is 4.19. The maximum atomic E-state index is 5.17. The van der Waals surface area contributed by atoms with Crippen molar-refractivity contribution in [1.82, 2.24) is 9.78 Å². The zero-order chi connectivity index (χ0) is 9.97. The lowest BCUT2D eigenvalue weighted by Gasteiger charge is -2.08. The topological polar surface area (TPSA) is 27.1 Å². The Morgan fingerprint density at radius 3 is 2.86 bits per heavy atom. The molecule has 1 aromatic heterocycles. The van der Waals surface area contributed by atoms with Gasteiger partial charge in [-0.2, -0.15) is 5.10 Å². The summed E-state index contributed by atoms with van der Waals surface area (Å²) in [7, 11) is 1.63. The van der Waals surface area contributed by atoms with E-state index in [1.54, 1.807) is 18.0 Å². The van der Waals surface area contributed by atoms with Crippen LogP contribution in [0.15, 0.2) is 41.6 Å². The number of benzene rings is 1. The minimum absolute atomic E-state index is 0.751. The maximum Gasteiger partial charge on any atom is 0.134 e. The summed E-state index contributed by atoms with van der Waals surface area (Å²) >= 11 is 4.39. The first-order chi connectivity index (χ1) is 6.83. The molecular weight excluding hydrogens is 196 g/mol. The predicted octanol–water partition coefficient (Wildman–Crippen LogP) is 2.17.